The molecule has 0 aromatic heterocycles. The van der Waals surface area contributed by atoms with Crippen LogP contribution in [-0.2, 0) is 14.3 Å². The van der Waals surface area contributed by atoms with Crippen molar-refractivity contribution in [3.05, 3.63) is 0 Å². The van der Waals surface area contributed by atoms with E-state index in [1.54, 1.807) is 16.7 Å². The smallest absolute Gasteiger partial charge is 0.331 e. The van der Waals surface area contributed by atoms with Crippen LogP contribution in [0.1, 0.15) is 39.5 Å². The van der Waals surface area contributed by atoms with Crippen LogP contribution in [0, 0.1) is 0 Å². The Hall–Kier alpha value is -0.510. The Morgan fingerprint density at radius 3 is 2.67 bits per heavy atom. The molecule has 3 heterocycles. The highest BCUT2D eigenvalue weighted by Crippen LogP contribution is 2.51. The number of amides is 1. The number of thioether (sulfide) groups is 1. The SMILES string of the molecule is CC1(C)S[C@@H]2[C@H](N=CN3CCCCCC3)C(=O)N2[C@H]1C(=O)OCI. The lowest BCUT2D eigenvalue weighted by Crippen LogP contribution is -2.65. The molecule has 3 aliphatic heterocycles. The van der Waals surface area contributed by atoms with E-state index in [4.69, 9.17) is 4.74 Å². The minimum atomic E-state index is -0.514. The number of aliphatic imine (C=N–C) groups is 1. The van der Waals surface area contributed by atoms with Gasteiger partial charge in [-0.05, 0) is 49.3 Å². The highest BCUT2D eigenvalue weighted by Gasteiger charge is 2.64. The molecular formula is C16H24IN3O3S. The normalized spacial score (nSPS) is 32.5. The van der Waals surface area contributed by atoms with Crippen molar-refractivity contribution in [3.8, 4) is 0 Å². The van der Waals surface area contributed by atoms with Gasteiger partial charge >= 0.3 is 5.97 Å². The summed E-state index contributed by atoms with van der Waals surface area (Å²) in [5.74, 6) is -0.368. The number of nitrogens with zero attached hydrogens (tertiary/aromatic N) is 3. The largest absolute Gasteiger partial charge is 0.453 e. The van der Waals surface area contributed by atoms with Gasteiger partial charge in [-0.25, -0.2) is 4.79 Å². The number of fused-ring (bicyclic) bond motifs is 1. The Morgan fingerprint density at radius 1 is 1.38 bits per heavy atom. The zero-order chi connectivity index (χ0) is 17.3. The quantitative estimate of drug-likeness (QED) is 0.159. The van der Waals surface area contributed by atoms with Gasteiger partial charge in [0.15, 0.2) is 6.04 Å². The molecule has 0 aliphatic carbocycles. The van der Waals surface area contributed by atoms with E-state index in [2.05, 4.69) is 9.89 Å². The molecule has 3 atom stereocenters. The van der Waals surface area contributed by atoms with Crippen molar-refractivity contribution in [1.82, 2.24) is 9.80 Å². The molecule has 0 saturated carbocycles. The number of rotatable bonds is 4. The predicted molar refractivity (Wildman–Crippen MR) is 103 cm³/mol. The van der Waals surface area contributed by atoms with Crippen molar-refractivity contribution in [1.29, 1.82) is 0 Å². The number of alkyl halides is 1. The summed E-state index contributed by atoms with van der Waals surface area (Å²) in [5.41, 5.74) is 0. The average Bonchev–Trinajstić information content (AvgIpc) is 2.69. The molecule has 0 N–H and O–H groups in total. The van der Waals surface area contributed by atoms with Gasteiger partial charge in [0.2, 0.25) is 0 Å². The number of likely N-dealkylation sites (tertiary alicyclic amines) is 1. The zero-order valence-corrected chi connectivity index (χ0v) is 17.1. The second-order valence-corrected chi connectivity index (χ2v) is 9.39. The van der Waals surface area contributed by atoms with Gasteiger partial charge in [-0.1, -0.05) is 12.8 Å². The van der Waals surface area contributed by atoms with Crippen LogP contribution in [0.3, 0.4) is 0 Å². The van der Waals surface area contributed by atoms with Crippen LogP contribution in [0.25, 0.3) is 0 Å². The maximum atomic E-state index is 12.6. The number of halogens is 1. The van der Waals surface area contributed by atoms with E-state index in [1.807, 2.05) is 42.8 Å². The summed E-state index contributed by atoms with van der Waals surface area (Å²) in [6.07, 6.45) is 6.77. The Balaban J connectivity index is 1.67. The fourth-order valence-electron chi connectivity index (χ4n) is 3.62. The first-order valence-electron chi connectivity index (χ1n) is 8.45. The number of esters is 1. The highest BCUT2D eigenvalue weighted by atomic mass is 127. The van der Waals surface area contributed by atoms with Gasteiger partial charge in [0.1, 0.15) is 16.0 Å². The first-order chi connectivity index (χ1) is 11.5. The van der Waals surface area contributed by atoms with E-state index in [1.165, 1.54) is 25.7 Å². The lowest BCUT2D eigenvalue weighted by atomic mass is 9.96. The molecule has 3 fully saturated rings. The van der Waals surface area contributed by atoms with Crippen LogP contribution in [0.15, 0.2) is 4.99 Å². The first-order valence-corrected chi connectivity index (χ1v) is 10.9. The van der Waals surface area contributed by atoms with E-state index < -0.39 is 6.04 Å². The third-order valence-electron chi connectivity index (χ3n) is 4.86. The molecular weight excluding hydrogens is 441 g/mol. The van der Waals surface area contributed by atoms with Gasteiger partial charge < -0.3 is 14.5 Å². The van der Waals surface area contributed by atoms with Gasteiger partial charge in [-0.15, -0.1) is 11.8 Å². The fourth-order valence-corrected chi connectivity index (χ4v) is 5.54. The minimum absolute atomic E-state index is 0.0533. The highest BCUT2D eigenvalue weighted by molar-refractivity contribution is 14.1. The summed E-state index contributed by atoms with van der Waals surface area (Å²) in [5, 5.41) is -0.0533. The van der Waals surface area contributed by atoms with Crippen LogP contribution >= 0.6 is 34.4 Å². The Bertz CT molecular complexity index is 535. The maximum Gasteiger partial charge on any atom is 0.331 e. The molecule has 24 heavy (non-hydrogen) atoms. The lowest BCUT2D eigenvalue weighted by Gasteiger charge is -2.41. The van der Waals surface area contributed by atoms with Crippen LogP contribution in [-0.4, -0.2) is 67.9 Å². The minimum Gasteiger partial charge on any atom is -0.453 e. The number of ether oxygens (including phenoxy) is 1. The number of β-lactam (4-membered cyclic amide) rings is 1. The number of carbonyl (C=O) groups excluding carboxylic acids is 2. The zero-order valence-electron chi connectivity index (χ0n) is 14.1. The van der Waals surface area contributed by atoms with Crippen molar-refractivity contribution in [2.75, 3.05) is 17.7 Å². The Morgan fingerprint density at radius 2 is 2.04 bits per heavy atom. The van der Waals surface area contributed by atoms with E-state index in [-0.39, 0.29) is 28.0 Å². The van der Waals surface area contributed by atoms with Crippen LogP contribution in [0.5, 0.6) is 0 Å². The van der Waals surface area contributed by atoms with Crippen LogP contribution < -0.4 is 0 Å². The summed E-state index contributed by atoms with van der Waals surface area (Å²) in [7, 11) is 0. The van der Waals surface area contributed by atoms with Crippen molar-refractivity contribution in [2.45, 2.75) is 61.7 Å². The Labute approximate surface area is 160 Å². The van der Waals surface area contributed by atoms with Gasteiger partial charge in [-0.2, -0.15) is 0 Å². The first kappa shape index (κ1) is 18.3. The molecule has 0 radical (unpaired) electrons. The van der Waals surface area contributed by atoms with Gasteiger partial charge in [0, 0.05) is 17.8 Å². The van der Waals surface area contributed by atoms with Crippen molar-refractivity contribution in [3.63, 3.8) is 0 Å². The summed E-state index contributed by atoms with van der Waals surface area (Å²) >= 11 is 3.65. The number of hydrogen-bond donors (Lipinski definition) is 0. The van der Waals surface area contributed by atoms with E-state index in [0.29, 0.717) is 4.61 Å². The molecule has 8 heteroatoms. The second kappa shape index (κ2) is 7.39. The molecule has 0 spiro atoms. The van der Waals surface area contributed by atoms with Crippen molar-refractivity contribution >= 4 is 52.6 Å². The molecule has 0 unspecified atom stereocenters. The molecule has 0 bridgehead atoms. The standard InChI is InChI=1S/C16H24IN3O3S/c1-16(2)12(15(22)23-9-17)20-13(21)11(14(20)24-16)18-10-19-7-5-3-4-6-8-19/h10-12,14H,3-9H2,1-2H3/t11-,12+,14-/m1/s1. The third-order valence-corrected chi connectivity index (χ3v) is 6.73. The summed E-state index contributed by atoms with van der Waals surface area (Å²) in [4.78, 5) is 33.3. The molecule has 1 amide bonds. The number of hydrogen-bond acceptors (Lipinski definition) is 5. The summed E-state index contributed by atoms with van der Waals surface area (Å²) < 4.78 is 5.11. The topological polar surface area (TPSA) is 62.2 Å². The van der Waals surface area contributed by atoms with Crippen LogP contribution in [0.2, 0.25) is 0 Å². The van der Waals surface area contributed by atoms with E-state index >= 15 is 0 Å². The van der Waals surface area contributed by atoms with Gasteiger partial charge in [0.25, 0.3) is 5.91 Å². The molecule has 3 aliphatic rings. The van der Waals surface area contributed by atoms with E-state index in [9.17, 15) is 9.59 Å². The van der Waals surface area contributed by atoms with Crippen LogP contribution in [0.4, 0.5) is 0 Å². The summed E-state index contributed by atoms with van der Waals surface area (Å²) in [6, 6.07) is -0.880. The van der Waals surface area contributed by atoms with Gasteiger partial charge in [-0.3, -0.25) is 9.79 Å². The molecule has 6 nitrogen and oxygen atoms in total. The lowest BCUT2D eigenvalue weighted by molar-refractivity contribution is -0.161. The predicted octanol–water partition coefficient (Wildman–Crippen LogP) is 2.26. The Kier molecular flexibility index (Phi) is 5.63. The molecule has 0 aromatic rings. The maximum absolute atomic E-state index is 12.6. The number of carbonyl (C=O) groups is 2. The molecule has 3 saturated heterocycles. The third kappa shape index (κ3) is 3.40. The second-order valence-electron chi connectivity index (χ2n) is 6.99. The summed E-state index contributed by atoms with van der Waals surface area (Å²) in [6.45, 7) is 6.03. The molecule has 0 aromatic carbocycles. The fraction of sp³-hybridized carbons (Fsp3) is 0.812. The monoisotopic (exact) mass is 465 g/mol. The molecule has 134 valence electrons. The van der Waals surface area contributed by atoms with Crippen molar-refractivity contribution in [2.24, 2.45) is 4.99 Å². The van der Waals surface area contributed by atoms with Crippen molar-refractivity contribution < 1.29 is 14.3 Å². The average molecular weight is 465 g/mol. The molecule has 3 rings (SSSR count). The van der Waals surface area contributed by atoms with E-state index in [0.717, 1.165) is 13.1 Å². The van der Waals surface area contributed by atoms with Gasteiger partial charge in [0.05, 0.1) is 6.34 Å².